The lowest BCUT2D eigenvalue weighted by Gasteiger charge is -2.07. The molecule has 0 atom stereocenters. The van der Waals surface area contributed by atoms with Crippen LogP contribution < -0.4 is 0 Å². The van der Waals surface area contributed by atoms with E-state index in [-0.39, 0.29) is 9.79 Å². The molecule has 3 rings (SSSR count). The minimum atomic E-state index is -3.55. The van der Waals surface area contributed by atoms with E-state index in [0.717, 1.165) is 17.2 Å². The lowest BCUT2D eigenvalue weighted by molar-refractivity contribution is 0.571. The maximum absolute atomic E-state index is 13.7. The van der Waals surface area contributed by atoms with E-state index in [1.165, 1.54) is 12.1 Å². The molecular formula is C21H18F2O2S. The molecule has 0 fully saturated rings. The van der Waals surface area contributed by atoms with Gasteiger partial charge in [-0.2, -0.15) is 0 Å². The highest BCUT2D eigenvalue weighted by Gasteiger charge is 2.17. The molecule has 0 saturated heterocycles. The second-order valence-electron chi connectivity index (χ2n) is 6.20. The van der Waals surface area contributed by atoms with Crippen LogP contribution in [-0.2, 0) is 22.7 Å². The maximum Gasteiger partial charge on any atom is 0.206 e. The Bertz CT molecular complexity index is 1010. The van der Waals surface area contributed by atoms with Crippen LogP contribution in [0, 0.1) is 18.6 Å². The zero-order valence-electron chi connectivity index (χ0n) is 14.2. The van der Waals surface area contributed by atoms with Crippen molar-refractivity contribution >= 4 is 9.84 Å². The molecule has 134 valence electrons. The van der Waals surface area contributed by atoms with Crippen molar-refractivity contribution in [3.05, 3.63) is 95.1 Å². The minimum absolute atomic E-state index is 0.220. The van der Waals surface area contributed by atoms with Gasteiger partial charge in [0, 0.05) is 6.07 Å². The molecule has 0 aliphatic carbocycles. The molecule has 0 N–H and O–H groups in total. The van der Waals surface area contributed by atoms with E-state index in [4.69, 9.17) is 0 Å². The van der Waals surface area contributed by atoms with Crippen molar-refractivity contribution < 1.29 is 17.2 Å². The molecule has 0 heterocycles. The van der Waals surface area contributed by atoms with Crippen LogP contribution in [0.15, 0.2) is 76.5 Å². The average Bonchev–Trinajstić information content (AvgIpc) is 2.62. The van der Waals surface area contributed by atoms with Crippen LogP contribution in [0.5, 0.6) is 0 Å². The van der Waals surface area contributed by atoms with E-state index in [0.29, 0.717) is 18.4 Å². The Morgan fingerprint density at radius 3 is 1.92 bits per heavy atom. The van der Waals surface area contributed by atoms with Crippen molar-refractivity contribution in [1.82, 2.24) is 0 Å². The maximum atomic E-state index is 13.7. The second kappa shape index (κ2) is 7.38. The zero-order chi connectivity index (χ0) is 18.7. The first-order valence-corrected chi connectivity index (χ1v) is 9.69. The quantitative estimate of drug-likeness (QED) is 0.639. The molecule has 26 heavy (non-hydrogen) atoms. The van der Waals surface area contributed by atoms with E-state index in [9.17, 15) is 17.2 Å². The normalized spacial score (nSPS) is 11.5. The van der Waals surface area contributed by atoms with Crippen LogP contribution >= 0.6 is 0 Å². The van der Waals surface area contributed by atoms with Crippen LogP contribution in [0.1, 0.15) is 16.7 Å². The van der Waals surface area contributed by atoms with Crippen LogP contribution in [0.2, 0.25) is 0 Å². The molecule has 0 unspecified atom stereocenters. The van der Waals surface area contributed by atoms with Crippen molar-refractivity contribution in [2.45, 2.75) is 29.6 Å². The first-order valence-electron chi connectivity index (χ1n) is 8.21. The molecule has 3 aromatic rings. The van der Waals surface area contributed by atoms with Crippen molar-refractivity contribution in [1.29, 1.82) is 0 Å². The Labute approximate surface area is 152 Å². The summed E-state index contributed by atoms with van der Waals surface area (Å²) in [4.78, 5) is 0.474. The molecule has 0 bridgehead atoms. The number of rotatable bonds is 5. The third kappa shape index (κ3) is 3.99. The highest BCUT2D eigenvalue weighted by molar-refractivity contribution is 7.91. The number of benzene rings is 3. The van der Waals surface area contributed by atoms with E-state index in [2.05, 4.69) is 0 Å². The van der Waals surface area contributed by atoms with Crippen LogP contribution in [0.25, 0.3) is 0 Å². The van der Waals surface area contributed by atoms with Crippen LogP contribution in [0.4, 0.5) is 8.78 Å². The molecule has 0 amide bonds. The molecular weight excluding hydrogens is 354 g/mol. The average molecular weight is 372 g/mol. The molecule has 0 radical (unpaired) electrons. The Morgan fingerprint density at radius 1 is 0.769 bits per heavy atom. The molecule has 5 heteroatoms. The van der Waals surface area contributed by atoms with Gasteiger partial charge >= 0.3 is 0 Å². The number of sulfone groups is 1. The smallest absolute Gasteiger partial charge is 0.206 e. The van der Waals surface area contributed by atoms with Gasteiger partial charge in [-0.15, -0.1) is 0 Å². The lowest BCUT2D eigenvalue weighted by atomic mass is 10.0. The molecule has 0 aliphatic rings. The topological polar surface area (TPSA) is 34.1 Å². The molecule has 0 saturated carbocycles. The van der Waals surface area contributed by atoms with Crippen molar-refractivity contribution in [2.24, 2.45) is 0 Å². The van der Waals surface area contributed by atoms with Crippen molar-refractivity contribution in [3.63, 3.8) is 0 Å². The van der Waals surface area contributed by atoms with Gasteiger partial charge < -0.3 is 0 Å². The van der Waals surface area contributed by atoms with E-state index < -0.39 is 21.5 Å². The number of aryl methyl sites for hydroxylation is 3. The number of hydrogen-bond donors (Lipinski definition) is 0. The van der Waals surface area contributed by atoms with Crippen LogP contribution in [-0.4, -0.2) is 8.42 Å². The summed E-state index contributed by atoms with van der Waals surface area (Å²) in [7, 11) is -3.55. The first-order chi connectivity index (χ1) is 12.4. The Balaban J connectivity index is 1.74. The summed E-state index contributed by atoms with van der Waals surface area (Å²) in [6, 6.07) is 16.8. The molecule has 0 spiro atoms. The fraction of sp³-hybridized carbons (Fsp3) is 0.143. The monoisotopic (exact) mass is 372 g/mol. The lowest BCUT2D eigenvalue weighted by Crippen LogP contribution is -2.02. The predicted molar refractivity (Wildman–Crippen MR) is 96.8 cm³/mol. The van der Waals surface area contributed by atoms with Gasteiger partial charge in [0.2, 0.25) is 9.84 Å². The summed E-state index contributed by atoms with van der Waals surface area (Å²) in [5.74, 6) is -1.17. The van der Waals surface area contributed by atoms with Crippen molar-refractivity contribution in [3.8, 4) is 0 Å². The van der Waals surface area contributed by atoms with E-state index in [1.54, 1.807) is 48.5 Å². The Hall–Kier alpha value is -2.53. The standard InChI is InChI=1S/C21H18F2O2S/c1-15-2-10-19(11-3-15)26(24,25)20-12-5-16(6-13-20)4-7-17-8-9-18(22)14-21(17)23/h2-3,5-6,8-14H,4,7H2,1H3. The van der Waals surface area contributed by atoms with Gasteiger partial charge in [0.05, 0.1) is 9.79 Å². The summed E-state index contributed by atoms with van der Waals surface area (Å²) in [6.45, 7) is 1.90. The zero-order valence-corrected chi connectivity index (χ0v) is 15.1. The summed E-state index contributed by atoms with van der Waals surface area (Å²) >= 11 is 0. The highest BCUT2D eigenvalue weighted by Crippen LogP contribution is 2.22. The highest BCUT2D eigenvalue weighted by atomic mass is 32.2. The number of halogens is 2. The Kier molecular flexibility index (Phi) is 5.18. The van der Waals surface area contributed by atoms with Gasteiger partial charge in [0.1, 0.15) is 11.6 Å². The van der Waals surface area contributed by atoms with Gasteiger partial charge in [0.15, 0.2) is 0 Å². The summed E-state index contributed by atoms with van der Waals surface area (Å²) in [6.07, 6.45) is 0.948. The molecule has 0 aliphatic heterocycles. The fourth-order valence-corrected chi connectivity index (χ4v) is 3.95. The molecule has 2 nitrogen and oxygen atoms in total. The fourth-order valence-electron chi connectivity index (χ4n) is 2.69. The molecule has 3 aromatic carbocycles. The SMILES string of the molecule is Cc1ccc(S(=O)(=O)c2ccc(CCc3ccc(F)cc3F)cc2)cc1. The third-order valence-electron chi connectivity index (χ3n) is 4.26. The Morgan fingerprint density at radius 2 is 1.35 bits per heavy atom. The minimum Gasteiger partial charge on any atom is -0.219 e. The largest absolute Gasteiger partial charge is 0.219 e. The van der Waals surface area contributed by atoms with Crippen LogP contribution in [0.3, 0.4) is 0 Å². The second-order valence-corrected chi connectivity index (χ2v) is 8.15. The number of hydrogen-bond acceptors (Lipinski definition) is 2. The summed E-state index contributed by atoms with van der Waals surface area (Å²) in [5, 5.41) is 0. The summed E-state index contributed by atoms with van der Waals surface area (Å²) < 4.78 is 51.9. The van der Waals surface area contributed by atoms with E-state index >= 15 is 0 Å². The van der Waals surface area contributed by atoms with Crippen molar-refractivity contribution in [2.75, 3.05) is 0 Å². The van der Waals surface area contributed by atoms with Gasteiger partial charge in [-0.05, 0) is 61.2 Å². The summed E-state index contributed by atoms with van der Waals surface area (Å²) in [5.41, 5.74) is 2.31. The van der Waals surface area contributed by atoms with Gasteiger partial charge in [-0.25, -0.2) is 17.2 Å². The molecule has 0 aromatic heterocycles. The predicted octanol–water partition coefficient (Wildman–Crippen LogP) is 4.89. The van der Waals surface area contributed by atoms with E-state index in [1.807, 2.05) is 6.92 Å². The van der Waals surface area contributed by atoms with Gasteiger partial charge in [-0.1, -0.05) is 35.9 Å². The van der Waals surface area contributed by atoms with Gasteiger partial charge in [0.25, 0.3) is 0 Å². The third-order valence-corrected chi connectivity index (χ3v) is 6.05. The first kappa shape index (κ1) is 18.3. The van der Waals surface area contributed by atoms with Gasteiger partial charge in [-0.3, -0.25) is 0 Å².